The van der Waals surface area contributed by atoms with Crippen molar-refractivity contribution < 1.29 is 14.8 Å². The number of nitro groups is 1. The summed E-state index contributed by atoms with van der Waals surface area (Å²) in [4.78, 5) is 20.9. The molecular weight excluding hydrogens is 302 g/mol. The van der Waals surface area contributed by atoms with Crippen LogP contribution in [0.5, 0.6) is 0 Å². The Hall–Kier alpha value is -2.52. The van der Waals surface area contributed by atoms with Crippen LogP contribution in [0.4, 0.5) is 5.69 Å². The minimum absolute atomic E-state index is 0.00498. The SMILES string of the molecule is NC(Cc1cn(-c2ccc(Cl)c([N+](=O)[O-])c2)nn1)C(=O)O. The molecule has 0 aliphatic carbocycles. The number of aliphatic carboxylic acids is 1. The lowest BCUT2D eigenvalue weighted by Crippen LogP contribution is -2.32. The maximum Gasteiger partial charge on any atom is 0.320 e. The number of aromatic nitrogens is 3. The summed E-state index contributed by atoms with van der Waals surface area (Å²) >= 11 is 5.72. The van der Waals surface area contributed by atoms with Gasteiger partial charge in [-0.05, 0) is 12.1 Å². The summed E-state index contributed by atoms with van der Waals surface area (Å²) in [6, 6.07) is 3.07. The molecule has 110 valence electrons. The molecule has 0 saturated carbocycles. The van der Waals surface area contributed by atoms with E-state index in [1.165, 1.54) is 29.1 Å². The van der Waals surface area contributed by atoms with E-state index in [0.717, 1.165) is 0 Å². The second kappa shape index (κ2) is 5.85. The maximum atomic E-state index is 10.8. The summed E-state index contributed by atoms with van der Waals surface area (Å²) in [5, 5.41) is 27.1. The number of nitrogens with zero attached hydrogens (tertiary/aromatic N) is 4. The maximum absolute atomic E-state index is 10.8. The predicted octanol–water partition coefficient (Wildman–Crippen LogP) is 0.783. The lowest BCUT2D eigenvalue weighted by Gasteiger charge is -2.02. The number of carbonyl (C=O) groups is 1. The highest BCUT2D eigenvalue weighted by Gasteiger charge is 2.17. The van der Waals surface area contributed by atoms with Crippen molar-refractivity contribution in [1.29, 1.82) is 0 Å². The monoisotopic (exact) mass is 311 g/mol. The van der Waals surface area contributed by atoms with E-state index in [-0.39, 0.29) is 17.1 Å². The molecule has 0 aliphatic rings. The van der Waals surface area contributed by atoms with E-state index in [1.54, 1.807) is 0 Å². The van der Waals surface area contributed by atoms with Gasteiger partial charge in [-0.25, -0.2) is 4.68 Å². The van der Waals surface area contributed by atoms with Crippen LogP contribution in [0.1, 0.15) is 5.69 Å². The molecule has 0 saturated heterocycles. The van der Waals surface area contributed by atoms with Crippen molar-refractivity contribution in [3.63, 3.8) is 0 Å². The summed E-state index contributed by atoms with van der Waals surface area (Å²) in [5.41, 5.74) is 5.89. The van der Waals surface area contributed by atoms with Crippen LogP contribution in [0.3, 0.4) is 0 Å². The van der Waals surface area contributed by atoms with Crippen molar-refractivity contribution >= 4 is 23.3 Å². The number of carboxylic acids is 1. The fraction of sp³-hybridized carbons (Fsp3) is 0.182. The van der Waals surface area contributed by atoms with Gasteiger partial charge < -0.3 is 10.8 Å². The highest BCUT2D eigenvalue weighted by molar-refractivity contribution is 6.32. The zero-order chi connectivity index (χ0) is 15.6. The number of halogens is 1. The molecule has 0 amide bonds. The van der Waals surface area contributed by atoms with Crippen molar-refractivity contribution in [1.82, 2.24) is 15.0 Å². The Bertz CT molecular complexity index is 702. The van der Waals surface area contributed by atoms with Gasteiger partial charge in [0.1, 0.15) is 11.1 Å². The van der Waals surface area contributed by atoms with E-state index in [9.17, 15) is 14.9 Å². The number of carboxylic acid groups (broad SMARTS) is 1. The number of hydrogen-bond donors (Lipinski definition) is 2. The number of rotatable bonds is 5. The molecule has 0 bridgehead atoms. The van der Waals surface area contributed by atoms with Crippen LogP contribution in [0.25, 0.3) is 5.69 Å². The van der Waals surface area contributed by atoms with Crippen LogP contribution in [-0.4, -0.2) is 37.0 Å². The molecule has 0 radical (unpaired) electrons. The summed E-state index contributed by atoms with van der Waals surface area (Å²) in [7, 11) is 0. The van der Waals surface area contributed by atoms with Crippen LogP contribution in [0.15, 0.2) is 24.4 Å². The van der Waals surface area contributed by atoms with E-state index in [2.05, 4.69) is 10.3 Å². The Labute approximate surface area is 123 Å². The van der Waals surface area contributed by atoms with Crippen LogP contribution in [-0.2, 0) is 11.2 Å². The fourth-order valence-electron chi connectivity index (χ4n) is 1.61. The van der Waals surface area contributed by atoms with Gasteiger partial charge in [0.05, 0.1) is 22.5 Å². The first-order valence-electron chi connectivity index (χ1n) is 5.72. The zero-order valence-electron chi connectivity index (χ0n) is 10.5. The molecule has 0 spiro atoms. The van der Waals surface area contributed by atoms with Gasteiger partial charge in [-0.2, -0.15) is 0 Å². The fourth-order valence-corrected chi connectivity index (χ4v) is 1.80. The molecule has 1 heterocycles. The molecule has 1 atom stereocenters. The van der Waals surface area contributed by atoms with Gasteiger partial charge in [0.25, 0.3) is 5.69 Å². The number of nitro benzene ring substituents is 1. The van der Waals surface area contributed by atoms with Gasteiger partial charge in [-0.15, -0.1) is 5.10 Å². The van der Waals surface area contributed by atoms with Crippen LogP contribution in [0.2, 0.25) is 5.02 Å². The average Bonchev–Trinajstić information content (AvgIpc) is 2.87. The molecule has 9 nitrogen and oxygen atoms in total. The molecule has 2 rings (SSSR count). The van der Waals surface area contributed by atoms with Crippen LogP contribution >= 0.6 is 11.6 Å². The van der Waals surface area contributed by atoms with Gasteiger partial charge in [-0.1, -0.05) is 16.8 Å². The molecule has 0 fully saturated rings. The third kappa shape index (κ3) is 3.33. The van der Waals surface area contributed by atoms with Crippen LogP contribution < -0.4 is 5.73 Å². The smallest absolute Gasteiger partial charge is 0.320 e. The summed E-state index contributed by atoms with van der Waals surface area (Å²) in [5.74, 6) is -1.15. The van der Waals surface area contributed by atoms with Crippen molar-refractivity contribution in [2.24, 2.45) is 5.73 Å². The van der Waals surface area contributed by atoms with Crippen LogP contribution in [0, 0.1) is 10.1 Å². The topological polar surface area (TPSA) is 137 Å². The minimum atomic E-state index is -1.15. The van der Waals surface area contributed by atoms with E-state index in [4.69, 9.17) is 22.4 Å². The first-order chi connectivity index (χ1) is 9.88. The van der Waals surface area contributed by atoms with Gasteiger partial charge >= 0.3 is 5.97 Å². The molecular formula is C11H10ClN5O4. The summed E-state index contributed by atoms with van der Waals surface area (Å²) < 4.78 is 1.28. The predicted molar refractivity (Wildman–Crippen MR) is 72.3 cm³/mol. The normalized spacial score (nSPS) is 12.1. The highest BCUT2D eigenvalue weighted by atomic mass is 35.5. The molecule has 10 heteroatoms. The Morgan fingerprint density at radius 1 is 1.57 bits per heavy atom. The van der Waals surface area contributed by atoms with E-state index in [0.29, 0.717) is 11.4 Å². The largest absolute Gasteiger partial charge is 0.480 e. The Morgan fingerprint density at radius 3 is 2.90 bits per heavy atom. The Morgan fingerprint density at radius 2 is 2.29 bits per heavy atom. The van der Waals surface area contributed by atoms with E-state index < -0.39 is 16.9 Å². The van der Waals surface area contributed by atoms with Crippen molar-refractivity contribution in [3.05, 3.63) is 45.2 Å². The summed E-state index contributed by atoms with van der Waals surface area (Å²) in [6.07, 6.45) is 1.46. The molecule has 21 heavy (non-hydrogen) atoms. The molecule has 2 aromatic rings. The lowest BCUT2D eigenvalue weighted by atomic mass is 10.2. The van der Waals surface area contributed by atoms with E-state index in [1.807, 2.05) is 0 Å². The molecule has 3 N–H and O–H groups in total. The second-order valence-corrected chi connectivity index (χ2v) is 4.60. The third-order valence-corrected chi connectivity index (χ3v) is 3.00. The Balaban J connectivity index is 2.27. The summed E-state index contributed by atoms with van der Waals surface area (Å²) in [6.45, 7) is 0. The highest BCUT2D eigenvalue weighted by Crippen LogP contribution is 2.26. The second-order valence-electron chi connectivity index (χ2n) is 4.20. The molecule has 1 unspecified atom stereocenters. The van der Waals surface area contributed by atoms with Crippen molar-refractivity contribution in [2.75, 3.05) is 0 Å². The first kappa shape index (κ1) is 14.9. The quantitative estimate of drug-likeness (QED) is 0.614. The number of benzene rings is 1. The molecule has 1 aromatic carbocycles. The minimum Gasteiger partial charge on any atom is -0.480 e. The zero-order valence-corrected chi connectivity index (χ0v) is 11.3. The number of hydrogen-bond acceptors (Lipinski definition) is 6. The first-order valence-corrected chi connectivity index (χ1v) is 6.10. The van der Waals surface area contributed by atoms with Crippen molar-refractivity contribution in [3.8, 4) is 5.69 Å². The molecule has 1 aromatic heterocycles. The third-order valence-electron chi connectivity index (χ3n) is 2.68. The van der Waals surface area contributed by atoms with Gasteiger partial charge in [-0.3, -0.25) is 14.9 Å². The Kier molecular flexibility index (Phi) is 4.15. The standard InChI is InChI=1S/C11H10ClN5O4/c12-8-2-1-7(4-10(8)17(20)21)16-5-6(14-15-16)3-9(13)11(18)19/h1-2,4-5,9H,3,13H2,(H,18,19). The number of nitrogens with two attached hydrogens (primary N) is 1. The van der Waals surface area contributed by atoms with Gasteiger partial charge in [0, 0.05) is 12.5 Å². The van der Waals surface area contributed by atoms with E-state index >= 15 is 0 Å². The molecule has 0 aliphatic heterocycles. The van der Waals surface area contributed by atoms with Gasteiger partial charge in [0.2, 0.25) is 0 Å². The van der Waals surface area contributed by atoms with Crippen molar-refractivity contribution in [2.45, 2.75) is 12.5 Å². The van der Waals surface area contributed by atoms with Gasteiger partial charge in [0.15, 0.2) is 0 Å². The average molecular weight is 312 g/mol. The lowest BCUT2D eigenvalue weighted by molar-refractivity contribution is -0.384.